The Hall–Kier alpha value is -2.27. The maximum atomic E-state index is 12.9. The number of amides is 2. The minimum atomic E-state index is -4.48. The monoisotopic (exact) mass is 472 g/mol. The third-order valence-corrected chi connectivity index (χ3v) is 8.13. The van der Waals surface area contributed by atoms with Gasteiger partial charge < -0.3 is 15.7 Å². The van der Waals surface area contributed by atoms with Gasteiger partial charge >= 0.3 is 12.1 Å². The van der Waals surface area contributed by atoms with Crippen molar-refractivity contribution in [2.45, 2.75) is 55.2 Å². The number of carboxylic acid groups (broad SMARTS) is 1. The molecular formula is C20H19F3N2O4S2. The number of carbonyl (C=O) groups excluding carboxylic acids is 2. The number of aromatic carboxylic acids is 1. The maximum Gasteiger partial charge on any atom is 0.416 e. The van der Waals surface area contributed by atoms with Crippen LogP contribution in [0.25, 0.3) is 0 Å². The molecule has 1 saturated heterocycles. The Balaban J connectivity index is 1.43. The average molecular weight is 473 g/mol. The summed E-state index contributed by atoms with van der Waals surface area (Å²) >= 11 is 2.41. The molecule has 2 heterocycles. The molecule has 0 saturated carbocycles. The van der Waals surface area contributed by atoms with Gasteiger partial charge in [0.05, 0.1) is 16.4 Å². The average Bonchev–Trinajstić information content (AvgIpc) is 3.05. The van der Waals surface area contributed by atoms with Crippen LogP contribution in [0.3, 0.4) is 0 Å². The number of anilines is 1. The quantitative estimate of drug-likeness (QED) is 0.615. The summed E-state index contributed by atoms with van der Waals surface area (Å²) in [5.41, 5.74) is 0.295. The number of nitrogens with one attached hydrogen (secondary N) is 2. The van der Waals surface area contributed by atoms with Crippen molar-refractivity contribution in [3.05, 3.63) is 39.4 Å². The Labute approximate surface area is 184 Å². The lowest BCUT2D eigenvalue weighted by Crippen LogP contribution is -2.44. The molecule has 2 amide bonds. The minimum Gasteiger partial charge on any atom is -0.478 e. The van der Waals surface area contributed by atoms with Crippen LogP contribution < -0.4 is 10.6 Å². The first-order valence-corrected chi connectivity index (χ1v) is 11.5. The number of thioether (sulfide) groups is 1. The van der Waals surface area contributed by atoms with E-state index in [9.17, 15) is 32.7 Å². The summed E-state index contributed by atoms with van der Waals surface area (Å²) in [7, 11) is 0. The molecule has 1 aromatic rings. The number of aryl methyl sites for hydroxylation is 1. The van der Waals surface area contributed by atoms with E-state index in [2.05, 4.69) is 10.6 Å². The maximum absolute atomic E-state index is 12.9. The molecule has 0 radical (unpaired) electrons. The van der Waals surface area contributed by atoms with E-state index in [4.69, 9.17) is 0 Å². The summed E-state index contributed by atoms with van der Waals surface area (Å²) < 4.78 is 38.7. The van der Waals surface area contributed by atoms with Gasteiger partial charge in [-0.1, -0.05) is 6.08 Å². The van der Waals surface area contributed by atoms with Crippen LogP contribution in [0.15, 0.2) is 23.4 Å². The number of carbonyl (C=O) groups is 3. The molecule has 4 rings (SSSR count). The van der Waals surface area contributed by atoms with Gasteiger partial charge in [0.2, 0.25) is 11.8 Å². The lowest BCUT2D eigenvalue weighted by molar-refractivity contribution is -0.123. The number of rotatable bonds is 4. The Bertz CT molecular complexity index is 1010. The third kappa shape index (κ3) is 4.52. The fourth-order valence-electron chi connectivity index (χ4n) is 3.97. The first-order chi connectivity index (χ1) is 14.6. The zero-order valence-electron chi connectivity index (χ0n) is 16.2. The van der Waals surface area contributed by atoms with Gasteiger partial charge in [-0.05, 0) is 43.7 Å². The van der Waals surface area contributed by atoms with Gasteiger partial charge in [0.15, 0.2) is 0 Å². The van der Waals surface area contributed by atoms with E-state index in [0.717, 1.165) is 53.6 Å². The van der Waals surface area contributed by atoms with Crippen LogP contribution in [0.5, 0.6) is 0 Å². The second-order valence-electron chi connectivity index (χ2n) is 7.57. The normalized spacial score (nSPS) is 23.1. The number of hydrogen-bond donors (Lipinski definition) is 3. The molecule has 3 aliphatic rings. The predicted octanol–water partition coefficient (Wildman–Crippen LogP) is 4.03. The number of allylic oxidation sites excluding steroid dienone is 3. The molecule has 0 spiro atoms. The van der Waals surface area contributed by atoms with Crippen molar-refractivity contribution in [2.75, 3.05) is 5.32 Å². The lowest BCUT2D eigenvalue weighted by atomic mass is 9.95. The third-order valence-electron chi connectivity index (χ3n) is 5.43. The van der Waals surface area contributed by atoms with Crippen LogP contribution in [0.1, 0.15) is 46.5 Å². The Morgan fingerprint density at radius 1 is 1.26 bits per heavy atom. The van der Waals surface area contributed by atoms with Gasteiger partial charge in [-0.3, -0.25) is 9.59 Å². The van der Waals surface area contributed by atoms with Crippen molar-refractivity contribution in [1.29, 1.82) is 0 Å². The van der Waals surface area contributed by atoms with E-state index in [1.165, 1.54) is 11.3 Å². The zero-order valence-corrected chi connectivity index (χ0v) is 17.8. The summed E-state index contributed by atoms with van der Waals surface area (Å²) in [4.78, 5) is 37.7. The van der Waals surface area contributed by atoms with Crippen molar-refractivity contribution in [3.63, 3.8) is 0 Å². The SMILES string of the molecule is O=C(CC1SC2CC=C(C(F)(F)F)C=C2NC1=O)Nc1sc2c(c1C(=O)O)CCCC2. The Kier molecular flexibility index (Phi) is 5.91. The predicted molar refractivity (Wildman–Crippen MR) is 111 cm³/mol. The molecule has 11 heteroatoms. The summed E-state index contributed by atoms with van der Waals surface area (Å²) in [6.45, 7) is 0. The molecule has 0 bridgehead atoms. The van der Waals surface area contributed by atoms with Crippen molar-refractivity contribution >= 4 is 45.9 Å². The van der Waals surface area contributed by atoms with Crippen molar-refractivity contribution in [1.82, 2.24) is 5.32 Å². The van der Waals surface area contributed by atoms with Gasteiger partial charge in [0.25, 0.3) is 0 Å². The lowest BCUT2D eigenvalue weighted by Gasteiger charge is -2.33. The molecule has 1 aliphatic heterocycles. The summed E-state index contributed by atoms with van der Waals surface area (Å²) in [5.74, 6) is -2.12. The Morgan fingerprint density at radius 2 is 2.00 bits per heavy atom. The highest BCUT2D eigenvalue weighted by Gasteiger charge is 2.40. The van der Waals surface area contributed by atoms with Crippen LogP contribution in [0.2, 0.25) is 0 Å². The standard InChI is InChI=1S/C20H19F3N2O4S2/c21-20(22,23)9-5-6-13-11(7-9)24-17(27)14(30-13)8-15(26)25-18-16(19(28)29)10-3-1-2-4-12(10)31-18/h5,7,13-14H,1-4,6,8H2,(H,24,27)(H,25,26)(H,28,29). The van der Waals surface area contributed by atoms with E-state index in [1.807, 2.05) is 0 Å². The van der Waals surface area contributed by atoms with E-state index in [-0.39, 0.29) is 34.4 Å². The molecule has 0 aromatic carbocycles. The summed E-state index contributed by atoms with van der Waals surface area (Å²) in [5, 5.41) is 13.9. The highest BCUT2D eigenvalue weighted by molar-refractivity contribution is 8.01. The number of halogens is 3. The molecule has 3 N–H and O–H groups in total. The molecule has 1 fully saturated rings. The molecule has 1 aromatic heterocycles. The van der Waals surface area contributed by atoms with Crippen LogP contribution in [-0.4, -0.2) is 39.6 Å². The summed E-state index contributed by atoms with van der Waals surface area (Å²) in [6, 6.07) is 0. The zero-order chi connectivity index (χ0) is 22.3. The fraction of sp³-hybridized carbons (Fsp3) is 0.450. The number of hydrogen-bond acceptors (Lipinski definition) is 5. The number of thiophene rings is 1. The second-order valence-corrected chi connectivity index (χ2v) is 10.1. The van der Waals surface area contributed by atoms with E-state index in [1.54, 1.807) is 0 Å². The number of fused-ring (bicyclic) bond motifs is 2. The highest BCUT2D eigenvalue weighted by Crippen LogP contribution is 2.40. The van der Waals surface area contributed by atoms with Crippen LogP contribution in [0, 0.1) is 0 Å². The van der Waals surface area contributed by atoms with Gasteiger partial charge in [-0.15, -0.1) is 23.1 Å². The smallest absolute Gasteiger partial charge is 0.416 e. The molecule has 2 aliphatic carbocycles. The first-order valence-electron chi connectivity index (χ1n) is 9.76. The molecule has 2 unspecified atom stereocenters. The van der Waals surface area contributed by atoms with Gasteiger partial charge in [0, 0.05) is 22.2 Å². The molecule has 166 valence electrons. The fourth-order valence-corrected chi connectivity index (χ4v) is 6.58. The number of carboxylic acids is 1. The first kappa shape index (κ1) is 21.9. The van der Waals surface area contributed by atoms with Gasteiger partial charge in [-0.2, -0.15) is 13.2 Å². The largest absolute Gasteiger partial charge is 0.478 e. The topological polar surface area (TPSA) is 95.5 Å². The van der Waals surface area contributed by atoms with Crippen molar-refractivity contribution < 1.29 is 32.7 Å². The second kappa shape index (κ2) is 8.34. The van der Waals surface area contributed by atoms with E-state index >= 15 is 0 Å². The molecular weight excluding hydrogens is 453 g/mol. The molecule has 31 heavy (non-hydrogen) atoms. The van der Waals surface area contributed by atoms with Crippen LogP contribution in [0.4, 0.5) is 18.2 Å². The summed E-state index contributed by atoms with van der Waals surface area (Å²) in [6.07, 6.45) is 0.762. The molecule has 6 nitrogen and oxygen atoms in total. The van der Waals surface area contributed by atoms with Crippen molar-refractivity contribution in [3.8, 4) is 0 Å². The minimum absolute atomic E-state index is 0.102. The van der Waals surface area contributed by atoms with Gasteiger partial charge in [0.1, 0.15) is 5.00 Å². The highest BCUT2D eigenvalue weighted by atomic mass is 32.2. The van der Waals surface area contributed by atoms with Crippen LogP contribution >= 0.6 is 23.1 Å². The number of alkyl halides is 3. The Morgan fingerprint density at radius 3 is 2.71 bits per heavy atom. The van der Waals surface area contributed by atoms with E-state index in [0.29, 0.717) is 6.42 Å². The van der Waals surface area contributed by atoms with Gasteiger partial charge in [-0.25, -0.2) is 4.79 Å². The van der Waals surface area contributed by atoms with Crippen LogP contribution in [-0.2, 0) is 22.4 Å². The van der Waals surface area contributed by atoms with E-state index < -0.39 is 34.8 Å². The van der Waals surface area contributed by atoms with Crippen molar-refractivity contribution in [2.24, 2.45) is 0 Å². The molecule has 2 atom stereocenters.